The summed E-state index contributed by atoms with van der Waals surface area (Å²) >= 11 is 0. The first-order valence-corrected chi connectivity index (χ1v) is 8.27. The van der Waals surface area contributed by atoms with Gasteiger partial charge in [-0.3, -0.25) is 14.6 Å². The van der Waals surface area contributed by atoms with Gasteiger partial charge in [-0.2, -0.15) is 18.2 Å². The average Bonchev–Trinajstić information content (AvgIpc) is 2.97. The van der Waals surface area contributed by atoms with Crippen molar-refractivity contribution in [2.45, 2.75) is 37.5 Å². The van der Waals surface area contributed by atoms with Crippen molar-refractivity contribution in [2.24, 2.45) is 0 Å². The van der Waals surface area contributed by atoms with E-state index in [2.05, 4.69) is 15.0 Å². The van der Waals surface area contributed by atoms with Gasteiger partial charge < -0.3 is 9.42 Å². The number of nitrogens with zero attached hydrogens (tertiary/aromatic N) is 5. The standard InChI is InChI=1S/C15H22F3N5O2/c1-21-6-5-14(4-3-12(21)24)10-23(8-7-22(14)2)9-11-19-13(20-25-11)15(16,17)18/h3-10H2,1-2H3/t14-/m1/s1. The molecule has 2 aliphatic heterocycles. The van der Waals surface area contributed by atoms with Crippen LogP contribution in [0.5, 0.6) is 0 Å². The van der Waals surface area contributed by atoms with Gasteiger partial charge in [0, 0.05) is 45.2 Å². The van der Waals surface area contributed by atoms with Gasteiger partial charge in [0.2, 0.25) is 11.8 Å². The molecule has 2 saturated heterocycles. The number of halogens is 3. The van der Waals surface area contributed by atoms with Gasteiger partial charge in [-0.15, -0.1) is 0 Å². The third-order valence-corrected chi connectivity index (χ3v) is 5.30. The van der Waals surface area contributed by atoms with E-state index < -0.39 is 12.0 Å². The molecule has 1 atom stereocenters. The molecule has 7 nitrogen and oxygen atoms in total. The molecule has 0 radical (unpaired) electrons. The van der Waals surface area contributed by atoms with Gasteiger partial charge in [0.05, 0.1) is 6.54 Å². The minimum absolute atomic E-state index is 0.0335. The Bertz CT molecular complexity index is 635. The maximum Gasteiger partial charge on any atom is 0.455 e. The first-order chi connectivity index (χ1) is 11.7. The highest BCUT2D eigenvalue weighted by Gasteiger charge is 2.42. The van der Waals surface area contributed by atoms with Gasteiger partial charge in [-0.1, -0.05) is 5.16 Å². The predicted octanol–water partition coefficient (Wildman–Crippen LogP) is 1.22. The fourth-order valence-electron chi connectivity index (χ4n) is 3.60. The topological polar surface area (TPSA) is 65.7 Å². The first-order valence-electron chi connectivity index (χ1n) is 8.27. The molecule has 1 aromatic rings. The largest absolute Gasteiger partial charge is 0.455 e. The molecule has 0 saturated carbocycles. The highest BCUT2D eigenvalue weighted by Crippen LogP contribution is 2.32. The van der Waals surface area contributed by atoms with Crippen LogP contribution in [-0.2, 0) is 17.5 Å². The second-order valence-electron chi connectivity index (χ2n) is 6.93. The molecule has 25 heavy (non-hydrogen) atoms. The highest BCUT2D eigenvalue weighted by atomic mass is 19.4. The summed E-state index contributed by atoms with van der Waals surface area (Å²) in [7, 11) is 3.85. The zero-order valence-electron chi connectivity index (χ0n) is 14.3. The third-order valence-electron chi connectivity index (χ3n) is 5.30. The van der Waals surface area contributed by atoms with Gasteiger partial charge in [-0.25, -0.2) is 0 Å². The van der Waals surface area contributed by atoms with Crippen molar-refractivity contribution in [3.05, 3.63) is 11.7 Å². The van der Waals surface area contributed by atoms with Crippen LogP contribution in [0.3, 0.4) is 0 Å². The molecule has 3 heterocycles. The van der Waals surface area contributed by atoms with Crippen molar-refractivity contribution in [1.29, 1.82) is 0 Å². The molecular formula is C15H22F3N5O2. The molecule has 140 valence electrons. The zero-order chi connectivity index (χ0) is 18.2. The van der Waals surface area contributed by atoms with Gasteiger partial charge >= 0.3 is 6.18 Å². The normalized spacial score (nSPS) is 27.1. The van der Waals surface area contributed by atoms with E-state index in [1.54, 1.807) is 11.9 Å². The van der Waals surface area contributed by atoms with Gasteiger partial charge in [0.15, 0.2) is 0 Å². The molecule has 3 rings (SSSR count). The minimum atomic E-state index is -4.60. The van der Waals surface area contributed by atoms with Gasteiger partial charge in [0.25, 0.3) is 5.82 Å². The molecule has 1 amide bonds. The average molecular weight is 361 g/mol. The zero-order valence-corrected chi connectivity index (χ0v) is 14.3. The maximum atomic E-state index is 12.6. The Morgan fingerprint density at radius 2 is 1.96 bits per heavy atom. The van der Waals surface area contributed by atoms with Gasteiger partial charge in [0.1, 0.15) is 0 Å². The Balaban J connectivity index is 1.70. The van der Waals surface area contributed by atoms with Crippen LogP contribution in [0.25, 0.3) is 0 Å². The number of rotatable bonds is 2. The van der Waals surface area contributed by atoms with Crippen LogP contribution in [-0.4, -0.2) is 76.6 Å². The molecule has 1 aromatic heterocycles. The summed E-state index contributed by atoms with van der Waals surface area (Å²) in [6.07, 6.45) is -2.55. The fourth-order valence-corrected chi connectivity index (χ4v) is 3.60. The number of hydrogen-bond donors (Lipinski definition) is 0. The summed E-state index contributed by atoms with van der Waals surface area (Å²) < 4.78 is 42.5. The Labute approximate surface area is 143 Å². The van der Waals surface area contributed by atoms with E-state index in [4.69, 9.17) is 4.52 Å². The molecule has 0 aliphatic carbocycles. The number of likely N-dealkylation sites (tertiary alicyclic amines) is 1. The van der Waals surface area contributed by atoms with Crippen molar-refractivity contribution in [3.8, 4) is 0 Å². The van der Waals surface area contributed by atoms with E-state index in [1.165, 1.54) is 0 Å². The Morgan fingerprint density at radius 3 is 2.64 bits per heavy atom. The number of piperazine rings is 1. The van der Waals surface area contributed by atoms with Crippen LogP contribution in [0.1, 0.15) is 31.0 Å². The summed E-state index contributed by atoms with van der Waals surface area (Å²) in [4.78, 5) is 21.5. The van der Waals surface area contributed by atoms with E-state index >= 15 is 0 Å². The fraction of sp³-hybridized carbons (Fsp3) is 0.800. The van der Waals surface area contributed by atoms with Crippen molar-refractivity contribution < 1.29 is 22.5 Å². The quantitative estimate of drug-likeness (QED) is 0.789. The number of hydrogen-bond acceptors (Lipinski definition) is 6. The third kappa shape index (κ3) is 3.79. The summed E-state index contributed by atoms with van der Waals surface area (Å²) in [6, 6.07) is 0. The number of amides is 1. The number of aromatic nitrogens is 2. The van der Waals surface area contributed by atoms with E-state index in [0.717, 1.165) is 19.4 Å². The SMILES string of the molecule is CN1CC[C@]2(CCC1=O)CN(Cc1nc(C(F)(F)F)no1)CCN2C. The molecular weight excluding hydrogens is 339 g/mol. The number of carbonyl (C=O) groups excluding carboxylic acids is 1. The predicted molar refractivity (Wildman–Crippen MR) is 81.4 cm³/mol. The Kier molecular flexibility index (Phi) is 4.76. The van der Waals surface area contributed by atoms with Crippen LogP contribution in [0.2, 0.25) is 0 Å². The smallest absolute Gasteiger partial charge is 0.346 e. The lowest BCUT2D eigenvalue weighted by molar-refractivity contribution is -0.146. The Morgan fingerprint density at radius 1 is 1.20 bits per heavy atom. The van der Waals surface area contributed by atoms with Crippen molar-refractivity contribution in [2.75, 3.05) is 40.3 Å². The van der Waals surface area contributed by atoms with Gasteiger partial charge in [-0.05, 0) is 19.9 Å². The van der Waals surface area contributed by atoms with Crippen molar-refractivity contribution >= 4 is 5.91 Å². The molecule has 10 heteroatoms. The second-order valence-corrected chi connectivity index (χ2v) is 6.93. The number of carbonyl (C=O) groups is 1. The second kappa shape index (κ2) is 6.56. The summed E-state index contributed by atoms with van der Waals surface area (Å²) in [6.45, 7) is 3.00. The molecule has 0 unspecified atom stereocenters. The van der Waals surface area contributed by atoms with Crippen LogP contribution in [0, 0.1) is 0 Å². The number of alkyl halides is 3. The first kappa shape index (κ1) is 18.1. The maximum absolute atomic E-state index is 12.6. The van der Waals surface area contributed by atoms with Crippen LogP contribution in [0.15, 0.2) is 4.52 Å². The van der Waals surface area contributed by atoms with E-state index in [-0.39, 0.29) is 23.9 Å². The van der Waals surface area contributed by atoms with Crippen LogP contribution >= 0.6 is 0 Å². The van der Waals surface area contributed by atoms with E-state index in [9.17, 15) is 18.0 Å². The van der Waals surface area contributed by atoms with Crippen molar-refractivity contribution in [1.82, 2.24) is 24.8 Å². The minimum Gasteiger partial charge on any atom is -0.346 e. The molecule has 1 spiro atoms. The van der Waals surface area contributed by atoms with E-state index in [1.807, 2.05) is 11.9 Å². The van der Waals surface area contributed by atoms with E-state index in [0.29, 0.717) is 26.1 Å². The monoisotopic (exact) mass is 361 g/mol. The molecule has 0 N–H and O–H groups in total. The van der Waals surface area contributed by atoms with Crippen LogP contribution in [0.4, 0.5) is 13.2 Å². The lowest BCUT2D eigenvalue weighted by Crippen LogP contribution is -2.60. The number of likely N-dealkylation sites (N-methyl/N-ethyl adjacent to an activating group) is 1. The Hall–Kier alpha value is -1.68. The molecule has 0 aromatic carbocycles. The summed E-state index contributed by atoms with van der Waals surface area (Å²) in [5, 5.41) is 3.01. The van der Waals surface area contributed by atoms with Crippen LogP contribution < -0.4 is 0 Å². The lowest BCUT2D eigenvalue weighted by atomic mass is 9.86. The summed E-state index contributed by atoms with van der Waals surface area (Å²) in [5.74, 6) is -1.14. The van der Waals surface area contributed by atoms with Crippen molar-refractivity contribution in [3.63, 3.8) is 0 Å². The summed E-state index contributed by atoms with van der Waals surface area (Å²) in [5.41, 5.74) is -0.161. The molecule has 2 aliphatic rings. The molecule has 2 fully saturated rings. The molecule has 0 bridgehead atoms. The lowest BCUT2D eigenvalue weighted by Gasteiger charge is -2.49. The highest BCUT2D eigenvalue weighted by molar-refractivity contribution is 5.76.